The molecule has 5 rings (SSSR count). The van der Waals surface area contributed by atoms with Gasteiger partial charge in [0.2, 0.25) is 5.91 Å². The zero-order valence-corrected chi connectivity index (χ0v) is 14.8. The monoisotopic (exact) mass is 348 g/mol. The number of carbonyl (C=O) groups is 1. The van der Waals surface area contributed by atoms with E-state index in [0.717, 1.165) is 25.1 Å². The highest BCUT2D eigenvalue weighted by atomic mass is 16.1. The maximum Gasteiger partial charge on any atom is 0.244 e. The van der Waals surface area contributed by atoms with Crippen molar-refractivity contribution in [2.75, 3.05) is 13.1 Å². The number of carbonyl (C=O) groups excluding carboxylic acids is 1. The van der Waals surface area contributed by atoms with Crippen LogP contribution in [0.3, 0.4) is 0 Å². The number of nitrogens with zero attached hydrogens (tertiary/aromatic N) is 3. The summed E-state index contributed by atoms with van der Waals surface area (Å²) >= 11 is 0. The lowest BCUT2D eigenvalue weighted by Gasteiger charge is -2.51. The molecule has 2 unspecified atom stereocenters. The molecule has 3 fully saturated rings. The molecule has 5 heterocycles. The van der Waals surface area contributed by atoms with E-state index in [9.17, 15) is 4.79 Å². The molecule has 0 radical (unpaired) electrons. The lowest BCUT2D eigenvalue weighted by Crippen LogP contribution is -2.64. The van der Waals surface area contributed by atoms with Crippen LogP contribution in [0.25, 0.3) is 6.08 Å². The van der Waals surface area contributed by atoms with Gasteiger partial charge in [0.25, 0.3) is 0 Å². The smallest absolute Gasteiger partial charge is 0.244 e. The van der Waals surface area contributed by atoms with Crippen molar-refractivity contribution in [1.29, 1.82) is 0 Å². The third kappa shape index (κ3) is 3.83. The Morgan fingerprint density at radius 2 is 1.92 bits per heavy atom. The summed E-state index contributed by atoms with van der Waals surface area (Å²) in [6.07, 6.45) is 13.9. The number of hydrogen-bond acceptors (Lipinski definition) is 4. The molecule has 3 aliphatic rings. The zero-order valence-electron chi connectivity index (χ0n) is 14.8. The first-order valence-electron chi connectivity index (χ1n) is 9.31. The average Bonchev–Trinajstić information content (AvgIpc) is 2.70. The van der Waals surface area contributed by atoms with Gasteiger partial charge in [0.1, 0.15) is 0 Å². The van der Waals surface area contributed by atoms with Crippen molar-refractivity contribution in [1.82, 2.24) is 20.2 Å². The number of aromatic nitrogens is 2. The summed E-state index contributed by atoms with van der Waals surface area (Å²) < 4.78 is 0. The van der Waals surface area contributed by atoms with E-state index in [1.54, 1.807) is 24.7 Å². The quantitative estimate of drug-likeness (QED) is 0.843. The average molecular weight is 348 g/mol. The zero-order chi connectivity index (χ0) is 17.8. The summed E-state index contributed by atoms with van der Waals surface area (Å²) in [5, 5.41) is 3.28. The van der Waals surface area contributed by atoms with Crippen molar-refractivity contribution in [2.45, 2.75) is 31.3 Å². The molecule has 2 aromatic rings. The summed E-state index contributed by atoms with van der Waals surface area (Å²) in [7, 11) is 0. The SMILES string of the molecule is O=C(/C=C/c1cccnc1)NC1C2CCN(CC2)C1Cc1cccnc1. The normalized spacial score (nSPS) is 27.5. The molecule has 3 aliphatic heterocycles. The van der Waals surface area contributed by atoms with Crippen LogP contribution >= 0.6 is 0 Å². The molecule has 5 heteroatoms. The van der Waals surface area contributed by atoms with Crippen LogP contribution in [0.4, 0.5) is 0 Å². The van der Waals surface area contributed by atoms with Crippen LogP contribution in [0.1, 0.15) is 24.0 Å². The largest absolute Gasteiger partial charge is 0.348 e. The van der Waals surface area contributed by atoms with E-state index in [0.29, 0.717) is 12.0 Å². The van der Waals surface area contributed by atoms with Crippen LogP contribution in [0.15, 0.2) is 55.1 Å². The standard InChI is InChI=1S/C21H24N4O/c26-20(6-5-16-3-1-9-22-14-16)24-21-18-7-11-25(12-8-18)19(21)13-17-4-2-10-23-15-17/h1-6,9-10,14-15,18-19,21H,7-8,11-13H2,(H,24,26)/b6-5+. The predicted molar refractivity (Wildman–Crippen MR) is 101 cm³/mol. The van der Waals surface area contributed by atoms with E-state index in [4.69, 9.17) is 0 Å². The van der Waals surface area contributed by atoms with Crippen LogP contribution in [-0.2, 0) is 11.2 Å². The van der Waals surface area contributed by atoms with Crippen molar-refractivity contribution < 1.29 is 4.79 Å². The molecule has 1 N–H and O–H groups in total. The number of nitrogens with one attached hydrogen (secondary N) is 1. The Morgan fingerprint density at radius 1 is 1.15 bits per heavy atom. The molecule has 2 aromatic heterocycles. The van der Waals surface area contributed by atoms with Crippen molar-refractivity contribution >= 4 is 12.0 Å². The highest BCUT2D eigenvalue weighted by molar-refractivity contribution is 5.91. The van der Waals surface area contributed by atoms with Gasteiger partial charge < -0.3 is 5.32 Å². The van der Waals surface area contributed by atoms with Crippen molar-refractivity contribution in [3.05, 3.63) is 66.3 Å². The number of rotatable bonds is 5. The topological polar surface area (TPSA) is 58.1 Å². The fraction of sp³-hybridized carbons (Fsp3) is 0.381. The minimum atomic E-state index is -0.0243. The molecule has 1 amide bonds. The molecule has 134 valence electrons. The maximum absolute atomic E-state index is 12.5. The van der Waals surface area contributed by atoms with Gasteiger partial charge in [-0.3, -0.25) is 19.7 Å². The van der Waals surface area contributed by atoms with E-state index in [-0.39, 0.29) is 11.9 Å². The Hall–Kier alpha value is -2.53. The Balaban J connectivity index is 1.45. The third-order valence-corrected chi connectivity index (χ3v) is 5.55. The lowest BCUT2D eigenvalue weighted by atomic mass is 9.77. The van der Waals surface area contributed by atoms with Crippen molar-refractivity contribution in [3.63, 3.8) is 0 Å². The van der Waals surface area contributed by atoms with Crippen LogP contribution in [0.2, 0.25) is 0 Å². The fourth-order valence-corrected chi connectivity index (χ4v) is 4.24. The summed E-state index contributed by atoms with van der Waals surface area (Å²) in [4.78, 5) is 23.4. The lowest BCUT2D eigenvalue weighted by molar-refractivity contribution is -0.119. The number of piperidine rings is 3. The van der Waals surface area contributed by atoms with E-state index in [1.807, 2.05) is 30.5 Å². The highest BCUT2D eigenvalue weighted by Gasteiger charge is 2.42. The summed E-state index contributed by atoms with van der Waals surface area (Å²) in [6, 6.07) is 8.46. The molecule has 0 aliphatic carbocycles. The van der Waals surface area contributed by atoms with Gasteiger partial charge >= 0.3 is 0 Å². The van der Waals surface area contributed by atoms with Gasteiger partial charge in [-0.2, -0.15) is 0 Å². The van der Waals surface area contributed by atoms with Gasteiger partial charge in [0, 0.05) is 42.9 Å². The molecular weight excluding hydrogens is 324 g/mol. The molecular formula is C21H24N4O. The molecule has 2 atom stereocenters. The Kier molecular flexibility index (Phi) is 5.07. The van der Waals surface area contributed by atoms with Gasteiger partial charge in [-0.15, -0.1) is 0 Å². The van der Waals surface area contributed by atoms with Gasteiger partial charge in [-0.1, -0.05) is 12.1 Å². The van der Waals surface area contributed by atoms with E-state index < -0.39 is 0 Å². The first-order chi connectivity index (χ1) is 12.8. The summed E-state index contributed by atoms with van der Waals surface area (Å²) in [5.74, 6) is 0.543. The summed E-state index contributed by atoms with van der Waals surface area (Å²) in [6.45, 7) is 2.26. The number of amides is 1. The van der Waals surface area contributed by atoms with Crippen LogP contribution in [-0.4, -0.2) is 45.9 Å². The van der Waals surface area contributed by atoms with Crippen LogP contribution in [0.5, 0.6) is 0 Å². The molecule has 0 aromatic carbocycles. The van der Waals surface area contributed by atoms with E-state index in [1.165, 1.54) is 18.4 Å². The number of pyridine rings is 2. The first-order valence-corrected chi connectivity index (χ1v) is 9.31. The predicted octanol–water partition coefficient (Wildman–Crippen LogP) is 2.31. The summed E-state index contributed by atoms with van der Waals surface area (Å²) in [5.41, 5.74) is 2.17. The Morgan fingerprint density at radius 3 is 2.62 bits per heavy atom. The fourth-order valence-electron chi connectivity index (χ4n) is 4.24. The molecule has 5 nitrogen and oxygen atoms in total. The van der Waals surface area contributed by atoms with Crippen molar-refractivity contribution in [3.8, 4) is 0 Å². The second kappa shape index (κ2) is 7.79. The molecule has 0 spiro atoms. The number of fused-ring (bicyclic) bond motifs is 3. The van der Waals surface area contributed by atoms with E-state index >= 15 is 0 Å². The first kappa shape index (κ1) is 16.9. The van der Waals surface area contributed by atoms with Crippen LogP contribution < -0.4 is 5.32 Å². The Bertz CT molecular complexity index is 754. The number of hydrogen-bond donors (Lipinski definition) is 1. The molecule has 2 bridgehead atoms. The minimum absolute atomic E-state index is 0.0243. The maximum atomic E-state index is 12.5. The van der Waals surface area contributed by atoms with E-state index in [2.05, 4.69) is 26.3 Å². The van der Waals surface area contributed by atoms with Gasteiger partial charge in [-0.25, -0.2) is 0 Å². The molecule has 26 heavy (non-hydrogen) atoms. The van der Waals surface area contributed by atoms with Crippen molar-refractivity contribution in [2.24, 2.45) is 5.92 Å². The van der Waals surface area contributed by atoms with Crippen LogP contribution in [0, 0.1) is 5.92 Å². The molecule has 3 saturated heterocycles. The minimum Gasteiger partial charge on any atom is -0.348 e. The highest BCUT2D eigenvalue weighted by Crippen LogP contribution is 2.33. The van der Waals surface area contributed by atoms with Gasteiger partial charge in [-0.05, 0) is 67.6 Å². The third-order valence-electron chi connectivity index (χ3n) is 5.55. The molecule has 0 saturated carbocycles. The Labute approximate surface area is 154 Å². The second-order valence-electron chi connectivity index (χ2n) is 7.16. The van der Waals surface area contributed by atoms with Gasteiger partial charge in [0.15, 0.2) is 0 Å². The van der Waals surface area contributed by atoms with Gasteiger partial charge in [0.05, 0.1) is 0 Å². The second-order valence-corrected chi connectivity index (χ2v) is 7.16.